The topological polar surface area (TPSA) is 96.0 Å². The van der Waals surface area contributed by atoms with Gasteiger partial charge in [-0.05, 0) is 12.1 Å². The van der Waals surface area contributed by atoms with Crippen molar-refractivity contribution in [3.8, 4) is 0 Å². The summed E-state index contributed by atoms with van der Waals surface area (Å²) in [5.41, 5.74) is -4.03. The highest BCUT2D eigenvalue weighted by atomic mass is 19.4. The molecule has 1 amide bonds. The zero-order valence-corrected chi connectivity index (χ0v) is 11.2. The summed E-state index contributed by atoms with van der Waals surface area (Å²) in [4.78, 5) is 21.4. The summed E-state index contributed by atoms with van der Waals surface area (Å²) in [7, 11) is 0. The number of aliphatic hydroxyl groups is 1. The van der Waals surface area contributed by atoms with Crippen LogP contribution < -0.4 is 0 Å². The molecule has 0 radical (unpaired) electrons. The lowest BCUT2D eigenvalue weighted by Gasteiger charge is -2.30. The highest BCUT2D eigenvalue weighted by Crippen LogP contribution is 2.39. The Morgan fingerprint density at radius 2 is 1.95 bits per heavy atom. The summed E-state index contributed by atoms with van der Waals surface area (Å²) in [5, 5.41) is 24.5. The van der Waals surface area contributed by atoms with E-state index in [9.17, 15) is 33.2 Å². The third-order valence-electron chi connectivity index (χ3n) is 3.15. The molecule has 22 heavy (non-hydrogen) atoms. The van der Waals surface area contributed by atoms with Gasteiger partial charge in [0.15, 0.2) is 5.72 Å². The molecule has 7 nitrogen and oxygen atoms in total. The molecule has 1 heterocycles. The molecule has 1 N–H and O–H groups in total. The fourth-order valence-corrected chi connectivity index (χ4v) is 2.11. The second-order valence-corrected chi connectivity index (χ2v) is 4.67. The Morgan fingerprint density at radius 1 is 1.41 bits per heavy atom. The average Bonchev–Trinajstić information content (AvgIpc) is 2.78. The summed E-state index contributed by atoms with van der Waals surface area (Å²) in [6, 6.07) is 4.22. The summed E-state index contributed by atoms with van der Waals surface area (Å²) in [6.07, 6.45) is -5.74. The minimum absolute atomic E-state index is 0.101. The number of halogens is 3. The monoisotopic (exact) mass is 317 g/mol. The maximum atomic E-state index is 12.8. The van der Waals surface area contributed by atoms with Gasteiger partial charge in [-0.1, -0.05) is 0 Å². The second kappa shape index (κ2) is 5.05. The lowest BCUT2D eigenvalue weighted by Crippen LogP contribution is -2.42. The zero-order valence-electron chi connectivity index (χ0n) is 11.2. The van der Waals surface area contributed by atoms with E-state index >= 15 is 0 Å². The highest BCUT2D eigenvalue weighted by molar-refractivity contribution is 5.94. The number of alkyl halides is 3. The molecular formula is C12H10F3N3O4. The van der Waals surface area contributed by atoms with Crippen molar-refractivity contribution in [2.24, 2.45) is 5.10 Å². The summed E-state index contributed by atoms with van der Waals surface area (Å²) in [6.45, 7) is 0.958. The standard InChI is InChI=1S/C12H10F3N3O4/c1-7(19)17-11(20,6-10(16-17)12(13,14)15)8-2-4-9(5-3-8)18(21)22/h2-5,20H,6H2,1H3/t11-/m1/s1. The largest absolute Gasteiger partial charge is 0.431 e. The van der Waals surface area contributed by atoms with Crippen molar-refractivity contribution in [1.82, 2.24) is 5.01 Å². The number of carbonyl (C=O) groups excluding carboxylic acids is 1. The van der Waals surface area contributed by atoms with Gasteiger partial charge in [0.2, 0.25) is 5.91 Å². The number of hydrogen-bond donors (Lipinski definition) is 1. The number of hydrogen-bond acceptors (Lipinski definition) is 5. The lowest BCUT2D eigenvalue weighted by molar-refractivity contribution is -0.384. The molecule has 0 unspecified atom stereocenters. The Morgan fingerprint density at radius 3 is 2.36 bits per heavy atom. The van der Waals surface area contributed by atoms with E-state index in [2.05, 4.69) is 5.10 Å². The van der Waals surface area contributed by atoms with Crippen molar-refractivity contribution >= 4 is 17.3 Å². The fourth-order valence-electron chi connectivity index (χ4n) is 2.11. The van der Waals surface area contributed by atoms with Crippen LogP contribution in [-0.2, 0) is 10.5 Å². The van der Waals surface area contributed by atoms with Gasteiger partial charge < -0.3 is 5.11 Å². The fraction of sp³-hybridized carbons (Fsp3) is 0.333. The number of nitro groups is 1. The third-order valence-corrected chi connectivity index (χ3v) is 3.15. The third kappa shape index (κ3) is 2.64. The molecule has 0 fully saturated rings. The minimum Gasteiger partial charge on any atom is -0.365 e. The highest BCUT2D eigenvalue weighted by Gasteiger charge is 2.52. The molecule has 118 valence electrons. The maximum absolute atomic E-state index is 12.8. The smallest absolute Gasteiger partial charge is 0.365 e. The number of amides is 1. The van der Waals surface area contributed by atoms with E-state index in [-0.39, 0.29) is 11.3 Å². The molecule has 1 aromatic carbocycles. The Kier molecular flexibility index (Phi) is 3.65. The van der Waals surface area contributed by atoms with Crippen molar-refractivity contribution in [2.45, 2.75) is 25.2 Å². The summed E-state index contributed by atoms with van der Waals surface area (Å²) >= 11 is 0. The van der Waals surface area contributed by atoms with Gasteiger partial charge in [-0.15, -0.1) is 0 Å². The van der Waals surface area contributed by atoms with Crippen molar-refractivity contribution in [2.75, 3.05) is 0 Å². The van der Waals surface area contributed by atoms with Gasteiger partial charge in [0, 0.05) is 24.6 Å². The van der Waals surface area contributed by atoms with Crippen molar-refractivity contribution in [1.29, 1.82) is 0 Å². The molecule has 0 spiro atoms. The predicted octanol–water partition coefficient (Wildman–Crippen LogP) is 1.91. The van der Waals surface area contributed by atoms with Crippen molar-refractivity contribution < 1.29 is 28.0 Å². The van der Waals surface area contributed by atoms with Gasteiger partial charge in [0.05, 0.1) is 11.3 Å². The molecule has 0 aliphatic carbocycles. The van der Waals surface area contributed by atoms with Crippen LogP contribution in [0.5, 0.6) is 0 Å². The van der Waals surface area contributed by atoms with E-state index in [1.54, 1.807) is 0 Å². The number of benzene rings is 1. The van der Waals surface area contributed by atoms with Crippen LogP contribution in [0.4, 0.5) is 18.9 Å². The van der Waals surface area contributed by atoms with Gasteiger partial charge in [0.1, 0.15) is 5.71 Å². The average molecular weight is 317 g/mol. The molecule has 1 aliphatic rings. The van der Waals surface area contributed by atoms with Gasteiger partial charge >= 0.3 is 6.18 Å². The van der Waals surface area contributed by atoms with Crippen LogP contribution in [0.1, 0.15) is 18.9 Å². The second-order valence-electron chi connectivity index (χ2n) is 4.67. The van der Waals surface area contributed by atoms with E-state index in [0.717, 1.165) is 31.2 Å². The number of nitrogens with zero attached hydrogens (tertiary/aromatic N) is 3. The Bertz CT molecular complexity index is 657. The van der Waals surface area contributed by atoms with E-state index in [1.165, 1.54) is 0 Å². The first kappa shape index (κ1) is 15.9. The molecule has 0 bridgehead atoms. The SMILES string of the molecule is CC(=O)N1N=C(C(F)(F)F)C[C@@]1(O)c1ccc([N+](=O)[O-])cc1. The Hall–Kier alpha value is -2.49. The molecule has 1 aromatic rings. The van der Waals surface area contributed by atoms with Crippen molar-refractivity contribution in [3.05, 3.63) is 39.9 Å². The molecule has 0 saturated heterocycles. The van der Waals surface area contributed by atoms with Crippen LogP contribution in [0, 0.1) is 10.1 Å². The minimum atomic E-state index is -4.79. The Balaban J connectivity index is 2.44. The van der Waals surface area contributed by atoms with E-state index < -0.39 is 34.9 Å². The van der Waals surface area contributed by atoms with Gasteiger partial charge in [-0.2, -0.15) is 23.3 Å². The summed E-state index contributed by atoms with van der Waals surface area (Å²) < 4.78 is 38.3. The first-order valence-corrected chi connectivity index (χ1v) is 5.98. The molecule has 10 heteroatoms. The normalized spacial score (nSPS) is 21.7. The number of carbonyl (C=O) groups is 1. The number of rotatable bonds is 2. The Labute approximate surface area is 121 Å². The number of hydrazone groups is 1. The molecule has 1 aliphatic heterocycles. The first-order chi connectivity index (χ1) is 10.1. The summed E-state index contributed by atoms with van der Waals surface area (Å²) in [5.74, 6) is -0.889. The number of nitro benzene ring substituents is 1. The number of non-ortho nitro benzene ring substituents is 1. The molecule has 0 saturated carbocycles. The first-order valence-electron chi connectivity index (χ1n) is 5.98. The van der Waals surface area contributed by atoms with E-state index in [0.29, 0.717) is 5.01 Å². The van der Waals surface area contributed by atoms with Crippen LogP contribution in [-0.4, -0.2) is 32.8 Å². The lowest BCUT2D eigenvalue weighted by atomic mass is 9.97. The van der Waals surface area contributed by atoms with Crippen molar-refractivity contribution in [3.63, 3.8) is 0 Å². The van der Waals surface area contributed by atoms with E-state index in [1.807, 2.05) is 0 Å². The predicted molar refractivity (Wildman–Crippen MR) is 67.6 cm³/mol. The van der Waals surface area contributed by atoms with Gasteiger partial charge in [0.25, 0.3) is 5.69 Å². The van der Waals surface area contributed by atoms with Gasteiger partial charge in [-0.3, -0.25) is 14.9 Å². The van der Waals surface area contributed by atoms with Crippen LogP contribution in [0.25, 0.3) is 0 Å². The maximum Gasteiger partial charge on any atom is 0.431 e. The van der Waals surface area contributed by atoms with Crippen LogP contribution >= 0.6 is 0 Å². The quantitative estimate of drug-likeness (QED) is 0.665. The molecule has 1 atom stereocenters. The van der Waals surface area contributed by atoms with E-state index in [4.69, 9.17) is 0 Å². The van der Waals surface area contributed by atoms with Crippen LogP contribution in [0.2, 0.25) is 0 Å². The zero-order chi connectivity index (χ0) is 16.7. The molecule has 0 aromatic heterocycles. The van der Waals surface area contributed by atoms with Crippen LogP contribution in [0.3, 0.4) is 0 Å². The molecule has 2 rings (SSSR count). The van der Waals surface area contributed by atoms with Gasteiger partial charge in [-0.25, -0.2) is 0 Å². The van der Waals surface area contributed by atoms with Crippen LogP contribution in [0.15, 0.2) is 29.4 Å². The molecular weight excluding hydrogens is 307 g/mol.